The largest absolute Gasteiger partial charge is 0.447 e. The zero-order chi connectivity index (χ0) is 21.3. The van der Waals surface area contributed by atoms with Gasteiger partial charge in [-0.15, -0.1) is 0 Å². The van der Waals surface area contributed by atoms with Crippen molar-refractivity contribution in [3.63, 3.8) is 0 Å². The molecule has 9 heteroatoms. The summed E-state index contributed by atoms with van der Waals surface area (Å²) in [6.45, 7) is 2.16. The van der Waals surface area contributed by atoms with Gasteiger partial charge in [0.05, 0.1) is 11.6 Å². The van der Waals surface area contributed by atoms with E-state index >= 15 is 0 Å². The first-order valence-electron chi connectivity index (χ1n) is 9.14. The van der Waals surface area contributed by atoms with Crippen LogP contribution in [0.2, 0.25) is 0 Å². The Labute approximate surface area is 170 Å². The van der Waals surface area contributed by atoms with Crippen LogP contribution >= 0.6 is 0 Å². The number of carbonyl (C=O) groups is 1. The third-order valence-corrected chi connectivity index (χ3v) is 4.63. The van der Waals surface area contributed by atoms with Crippen molar-refractivity contribution in [3.05, 3.63) is 66.5 Å². The number of amides is 1. The molecule has 1 aliphatic heterocycles. The van der Waals surface area contributed by atoms with Crippen LogP contribution < -0.4 is 10.2 Å². The van der Waals surface area contributed by atoms with Gasteiger partial charge in [-0.05, 0) is 60.5 Å². The molecule has 0 aliphatic carbocycles. The fourth-order valence-electron chi connectivity index (χ4n) is 3.16. The number of cyclic esters (lactones) is 1. The Morgan fingerprint density at radius 2 is 1.80 bits per heavy atom. The topological polar surface area (TPSA) is 67.3 Å². The molecule has 30 heavy (non-hydrogen) atoms. The molecular formula is C21H17F3N4O2. The van der Waals surface area contributed by atoms with Crippen LogP contribution in [0.15, 0.2) is 60.9 Å². The van der Waals surface area contributed by atoms with Crippen LogP contribution in [0, 0.1) is 0 Å². The van der Waals surface area contributed by atoms with Crippen molar-refractivity contribution in [3.8, 4) is 11.1 Å². The van der Waals surface area contributed by atoms with E-state index in [-0.39, 0.29) is 11.7 Å². The van der Waals surface area contributed by atoms with E-state index in [1.54, 1.807) is 36.7 Å². The molecule has 0 spiro atoms. The van der Waals surface area contributed by atoms with Crippen LogP contribution in [0.5, 0.6) is 0 Å². The number of ether oxygens (including phenoxy) is 1. The number of anilines is 3. The van der Waals surface area contributed by atoms with Crippen molar-refractivity contribution in [1.29, 1.82) is 0 Å². The van der Waals surface area contributed by atoms with Gasteiger partial charge in [-0.25, -0.2) is 14.8 Å². The molecule has 0 saturated carbocycles. The van der Waals surface area contributed by atoms with E-state index in [9.17, 15) is 18.0 Å². The van der Waals surface area contributed by atoms with Gasteiger partial charge in [0.25, 0.3) is 0 Å². The third kappa shape index (κ3) is 4.05. The van der Waals surface area contributed by atoms with E-state index in [0.29, 0.717) is 18.2 Å². The average molecular weight is 414 g/mol. The Kier molecular flexibility index (Phi) is 5.03. The van der Waals surface area contributed by atoms with Gasteiger partial charge in [-0.3, -0.25) is 4.90 Å². The normalized spacial score (nSPS) is 16.5. The summed E-state index contributed by atoms with van der Waals surface area (Å²) in [5, 5.41) is 2.90. The molecule has 6 nitrogen and oxygen atoms in total. The van der Waals surface area contributed by atoms with Gasteiger partial charge in [0, 0.05) is 18.1 Å². The van der Waals surface area contributed by atoms with E-state index in [1.807, 2.05) is 6.92 Å². The molecule has 1 atom stereocenters. The maximum Gasteiger partial charge on any atom is 0.416 e. The van der Waals surface area contributed by atoms with Crippen molar-refractivity contribution in [1.82, 2.24) is 9.97 Å². The molecular weight excluding hydrogens is 397 g/mol. The predicted molar refractivity (Wildman–Crippen MR) is 105 cm³/mol. The number of pyridine rings is 2. The molecule has 3 aromatic rings. The molecule has 4 rings (SSSR count). The van der Waals surface area contributed by atoms with Crippen LogP contribution in [0.3, 0.4) is 0 Å². The lowest BCUT2D eigenvalue weighted by Crippen LogP contribution is -2.31. The lowest BCUT2D eigenvalue weighted by molar-refractivity contribution is -0.137. The van der Waals surface area contributed by atoms with E-state index in [2.05, 4.69) is 15.3 Å². The van der Waals surface area contributed by atoms with Crippen molar-refractivity contribution in [2.24, 2.45) is 0 Å². The molecule has 0 radical (unpaired) electrons. The van der Waals surface area contributed by atoms with Crippen LogP contribution in [0.1, 0.15) is 12.5 Å². The number of benzene rings is 1. The second kappa shape index (κ2) is 7.66. The number of aromatic nitrogens is 2. The van der Waals surface area contributed by atoms with Gasteiger partial charge in [0.15, 0.2) is 0 Å². The molecule has 2 aromatic heterocycles. The first kappa shape index (κ1) is 19.7. The van der Waals surface area contributed by atoms with Crippen molar-refractivity contribution in [2.75, 3.05) is 16.8 Å². The monoisotopic (exact) mass is 414 g/mol. The highest BCUT2D eigenvalue weighted by Gasteiger charge is 2.32. The highest BCUT2D eigenvalue weighted by atomic mass is 19.4. The lowest BCUT2D eigenvalue weighted by atomic mass is 10.1. The van der Waals surface area contributed by atoms with Crippen LogP contribution in [-0.4, -0.2) is 28.7 Å². The number of nitrogens with one attached hydrogen (secondary N) is 1. The van der Waals surface area contributed by atoms with Crippen LogP contribution in [0.4, 0.5) is 35.3 Å². The summed E-state index contributed by atoms with van der Waals surface area (Å²) in [5.41, 5.74) is 1.08. The van der Waals surface area contributed by atoms with Gasteiger partial charge in [-0.1, -0.05) is 6.07 Å². The SMILES string of the molecule is CC1COC(=O)N1c1cc(-c2ccnc(Nc3cccc(C(F)(F)F)c3)c2)ccn1. The molecule has 1 aliphatic rings. The summed E-state index contributed by atoms with van der Waals surface area (Å²) in [6, 6.07) is 11.8. The van der Waals surface area contributed by atoms with Crippen molar-refractivity contribution in [2.45, 2.75) is 19.1 Å². The third-order valence-electron chi connectivity index (χ3n) is 4.63. The highest BCUT2D eigenvalue weighted by Crippen LogP contribution is 2.32. The smallest absolute Gasteiger partial charge is 0.416 e. The van der Waals surface area contributed by atoms with Crippen molar-refractivity contribution < 1.29 is 22.7 Å². The summed E-state index contributed by atoms with van der Waals surface area (Å²) in [6.07, 6.45) is -1.73. The number of carbonyl (C=O) groups excluding carboxylic acids is 1. The molecule has 1 amide bonds. The van der Waals surface area contributed by atoms with E-state index in [4.69, 9.17) is 4.74 Å². The fraction of sp³-hybridized carbons (Fsp3) is 0.190. The number of nitrogens with zero attached hydrogens (tertiary/aromatic N) is 3. The maximum atomic E-state index is 12.9. The maximum absolute atomic E-state index is 12.9. The second-order valence-corrected chi connectivity index (χ2v) is 6.83. The van der Waals surface area contributed by atoms with Gasteiger partial charge in [0.2, 0.25) is 0 Å². The molecule has 1 N–H and O–H groups in total. The first-order chi connectivity index (χ1) is 14.3. The van der Waals surface area contributed by atoms with E-state index in [0.717, 1.165) is 23.3 Å². The molecule has 1 unspecified atom stereocenters. The zero-order valence-corrected chi connectivity index (χ0v) is 15.8. The number of hydrogen-bond donors (Lipinski definition) is 1. The number of rotatable bonds is 4. The summed E-state index contributed by atoms with van der Waals surface area (Å²) in [4.78, 5) is 21.9. The van der Waals surface area contributed by atoms with Gasteiger partial charge >= 0.3 is 12.3 Å². The predicted octanol–water partition coefficient (Wildman–Crippen LogP) is 5.25. The van der Waals surface area contributed by atoms with Gasteiger partial charge in [0.1, 0.15) is 18.2 Å². The lowest BCUT2D eigenvalue weighted by Gasteiger charge is -2.17. The number of hydrogen-bond acceptors (Lipinski definition) is 5. The molecule has 1 fully saturated rings. The Morgan fingerprint density at radius 3 is 2.50 bits per heavy atom. The molecule has 1 aromatic carbocycles. The molecule has 1 saturated heterocycles. The molecule has 154 valence electrons. The van der Waals surface area contributed by atoms with Crippen molar-refractivity contribution >= 4 is 23.4 Å². The standard InChI is InChI=1S/C21H17F3N4O2/c1-13-12-30-20(29)28(13)19-10-15(6-8-26-19)14-5-7-25-18(9-14)27-17-4-2-3-16(11-17)21(22,23)24/h2-11,13H,12H2,1H3,(H,25,27). The van der Waals surface area contributed by atoms with Crippen LogP contribution in [-0.2, 0) is 10.9 Å². The summed E-state index contributed by atoms with van der Waals surface area (Å²) < 4.78 is 43.8. The quantitative estimate of drug-likeness (QED) is 0.632. The Bertz CT molecular complexity index is 1090. The minimum absolute atomic E-state index is 0.129. The Balaban J connectivity index is 1.60. The molecule has 0 bridgehead atoms. The number of alkyl halides is 3. The Morgan fingerprint density at radius 1 is 1.07 bits per heavy atom. The average Bonchev–Trinajstić information content (AvgIpc) is 3.06. The minimum Gasteiger partial charge on any atom is -0.447 e. The van der Waals surface area contributed by atoms with E-state index in [1.165, 1.54) is 17.0 Å². The zero-order valence-electron chi connectivity index (χ0n) is 15.8. The van der Waals surface area contributed by atoms with Gasteiger partial charge < -0.3 is 10.1 Å². The Hall–Kier alpha value is -3.62. The fourth-order valence-corrected chi connectivity index (χ4v) is 3.16. The second-order valence-electron chi connectivity index (χ2n) is 6.83. The van der Waals surface area contributed by atoms with Gasteiger partial charge in [-0.2, -0.15) is 13.2 Å². The van der Waals surface area contributed by atoms with Crippen LogP contribution in [0.25, 0.3) is 11.1 Å². The summed E-state index contributed by atoms with van der Waals surface area (Å²) in [7, 11) is 0. The minimum atomic E-state index is -4.42. The molecule has 3 heterocycles. The summed E-state index contributed by atoms with van der Waals surface area (Å²) >= 11 is 0. The first-order valence-corrected chi connectivity index (χ1v) is 9.14. The summed E-state index contributed by atoms with van der Waals surface area (Å²) in [5.74, 6) is 0.853. The highest BCUT2D eigenvalue weighted by molar-refractivity contribution is 5.89. The number of halogens is 3. The van der Waals surface area contributed by atoms with E-state index < -0.39 is 17.8 Å².